The average molecular weight is 471 g/mol. The van der Waals surface area contributed by atoms with Gasteiger partial charge in [0.05, 0.1) is 30.1 Å². The Balaban J connectivity index is 2.02. The lowest BCUT2D eigenvalue weighted by molar-refractivity contribution is 0.142. The number of nitrogens with one attached hydrogen (secondary N) is 1. The van der Waals surface area contributed by atoms with Crippen molar-refractivity contribution in [1.82, 2.24) is 20.0 Å². The first-order chi connectivity index (χ1) is 15.7. The molecule has 0 saturated heterocycles. The summed E-state index contributed by atoms with van der Waals surface area (Å²) in [6.45, 7) is 8.92. The van der Waals surface area contributed by atoms with Crippen LogP contribution in [0.4, 0.5) is 4.79 Å². The summed E-state index contributed by atoms with van der Waals surface area (Å²) in [7, 11) is 1.62. The maximum Gasteiger partial charge on any atom is 0.318 e. The Morgan fingerprint density at radius 2 is 1.79 bits per heavy atom. The van der Waals surface area contributed by atoms with Gasteiger partial charge in [0.2, 0.25) is 5.88 Å². The molecule has 8 heteroatoms. The van der Waals surface area contributed by atoms with Crippen LogP contribution in [-0.4, -0.2) is 46.5 Å². The minimum atomic E-state index is -0.367. The molecular formula is C25H31ClN4O3. The Hall–Kier alpha value is -3.03. The molecule has 7 nitrogen and oxygen atoms in total. The number of benzene rings is 2. The van der Waals surface area contributed by atoms with E-state index in [1.54, 1.807) is 41.0 Å². The van der Waals surface area contributed by atoms with E-state index < -0.39 is 0 Å². The molecule has 2 amide bonds. The van der Waals surface area contributed by atoms with Crippen LogP contribution in [0.25, 0.3) is 5.69 Å². The summed E-state index contributed by atoms with van der Waals surface area (Å²) in [5.41, 5.74) is 2.08. The molecule has 0 aliphatic rings. The Kier molecular flexibility index (Phi) is 8.00. The molecule has 0 saturated carbocycles. The van der Waals surface area contributed by atoms with E-state index in [0.717, 1.165) is 16.9 Å². The Labute approximate surface area is 200 Å². The van der Waals surface area contributed by atoms with Crippen LogP contribution in [0.3, 0.4) is 0 Å². The number of aryl methyl sites for hydroxylation is 1. The highest BCUT2D eigenvalue weighted by atomic mass is 35.5. The standard InChI is InChI=1S/C25H31ClN4O3/c1-18-22(17-29(15-16-32-5)24(31)27-25(2,3)4)23(33-21-13-11-19(26)12-14-21)30(28-18)20-9-7-6-8-10-20/h6-14H,15-17H2,1-5H3,(H,27,31). The van der Waals surface area contributed by atoms with Gasteiger partial charge in [-0.2, -0.15) is 5.10 Å². The van der Waals surface area contributed by atoms with Crippen molar-refractivity contribution in [2.24, 2.45) is 0 Å². The van der Waals surface area contributed by atoms with Crippen LogP contribution in [-0.2, 0) is 11.3 Å². The van der Waals surface area contributed by atoms with Gasteiger partial charge in [-0.15, -0.1) is 0 Å². The summed E-state index contributed by atoms with van der Waals surface area (Å²) >= 11 is 6.05. The van der Waals surface area contributed by atoms with E-state index in [4.69, 9.17) is 26.2 Å². The first-order valence-corrected chi connectivity index (χ1v) is 11.2. The molecule has 0 radical (unpaired) electrons. The minimum Gasteiger partial charge on any atom is -0.439 e. The maximum atomic E-state index is 13.0. The van der Waals surface area contributed by atoms with Crippen molar-refractivity contribution in [3.63, 3.8) is 0 Å². The van der Waals surface area contributed by atoms with Gasteiger partial charge in [-0.05, 0) is 64.1 Å². The monoisotopic (exact) mass is 470 g/mol. The number of urea groups is 1. The van der Waals surface area contributed by atoms with Gasteiger partial charge in [0, 0.05) is 24.2 Å². The van der Waals surface area contributed by atoms with Crippen molar-refractivity contribution in [2.45, 2.75) is 39.8 Å². The number of carbonyl (C=O) groups excluding carboxylic acids is 1. The van der Waals surface area contributed by atoms with E-state index in [1.165, 1.54) is 0 Å². The predicted molar refractivity (Wildman–Crippen MR) is 130 cm³/mol. The normalized spacial score (nSPS) is 11.3. The molecule has 0 bridgehead atoms. The van der Waals surface area contributed by atoms with Crippen molar-refractivity contribution >= 4 is 17.6 Å². The van der Waals surface area contributed by atoms with Crippen LogP contribution in [0.1, 0.15) is 32.0 Å². The fourth-order valence-electron chi connectivity index (χ4n) is 3.23. The number of methoxy groups -OCH3 is 1. The molecule has 0 fully saturated rings. The Morgan fingerprint density at radius 1 is 1.12 bits per heavy atom. The lowest BCUT2D eigenvalue weighted by atomic mass is 10.1. The van der Waals surface area contributed by atoms with E-state index in [0.29, 0.717) is 36.3 Å². The number of carbonyl (C=O) groups is 1. The second-order valence-corrected chi connectivity index (χ2v) is 9.20. The quantitative estimate of drug-likeness (QED) is 0.466. The molecule has 0 unspecified atom stereocenters. The summed E-state index contributed by atoms with van der Waals surface area (Å²) in [5, 5.41) is 8.39. The van der Waals surface area contributed by atoms with Crippen molar-refractivity contribution in [3.8, 4) is 17.3 Å². The molecule has 33 heavy (non-hydrogen) atoms. The van der Waals surface area contributed by atoms with E-state index in [-0.39, 0.29) is 11.6 Å². The molecule has 0 spiro atoms. The number of rotatable bonds is 8. The minimum absolute atomic E-state index is 0.177. The number of amides is 2. The maximum absolute atomic E-state index is 13.0. The van der Waals surface area contributed by atoms with Crippen molar-refractivity contribution < 1.29 is 14.3 Å². The van der Waals surface area contributed by atoms with Gasteiger partial charge in [0.25, 0.3) is 0 Å². The summed E-state index contributed by atoms with van der Waals surface area (Å²) in [6.07, 6.45) is 0. The lowest BCUT2D eigenvalue weighted by Crippen LogP contribution is -2.49. The van der Waals surface area contributed by atoms with E-state index in [1.807, 2.05) is 58.0 Å². The second kappa shape index (κ2) is 10.7. The summed E-state index contributed by atoms with van der Waals surface area (Å²) < 4.78 is 13.3. The molecule has 0 atom stereocenters. The number of halogens is 1. The first-order valence-electron chi connectivity index (χ1n) is 10.8. The molecule has 3 aromatic rings. The molecule has 0 aliphatic carbocycles. The zero-order chi connectivity index (χ0) is 24.0. The molecule has 2 aromatic carbocycles. The van der Waals surface area contributed by atoms with Crippen LogP contribution in [0.2, 0.25) is 5.02 Å². The average Bonchev–Trinajstić information content (AvgIpc) is 3.07. The van der Waals surface area contributed by atoms with Crippen LogP contribution in [0, 0.1) is 6.92 Å². The highest BCUT2D eigenvalue weighted by Crippen LogP contribution is 2.32. The van der Waals surface area contributed by atoms with Crippen molar-refractivity contribution in [1.29, 1.82) is 0 Å². The summed E-state index contributed by atoms with van der Waals surface area (Å²) in [5.74, 6) is 1.17. The summed E-state index contributed by atoms with van der Waals surface area (Å²) in [4.78, 5) is 14.8. The second-order valence-electron chi connectivity index (χ2n) is 8.77. The first kappa shape index (κ1) is 24.6. The third kappa shape index (κ3) is 6.73. The number of ether oxygens (including phenoxy) is 2. The molecule has 3 rings (SSSR count). The van der Waals surface area contributed by atoms with Gasteiger partial charge in [-0.1, -0.05) is 29.8 Å². The van der Waals surface area contributed by atoms with Gasteiger partial charge in [-0.3, -0.25) is 0 Å². The third-order valence-corrected chi connectivity index (χ3v) is 5.10. The SMILES string of the molecule is COCCN(Cc1c(C)nn(-c2ccccc2)c1Oc1ccc(Cl)cc1)C(=O)NC(C)(C)C. The van der Waals surface area contributed by atoms with Crippen LogP contribution < -0.4 is 10.1 Å². The van der Waals surface area contributed by atoms with Gasteiger partial charge in [0.1, 0.15) is 5.75 Å². The Morgan fingerprint density at radius 3 is 2.39 bits per heavy atom. The van der Waals surface area contributed by atoms with Gasteiger partial charge >= 0.3 is 6.03 Å². The largest absolute Gasteiger partial charge is 0.439 e. The molecule has 1 heterocycles. The molecule has 176 valence electrons. The molecule has 1 N–H and O–H groups in total. The van der Waals surface area contributed by atoms with E-state index >= 15 is 0 Å². The van der Waals surface area contributed by atoms with E-state index in [9.17, 15) is 4.79 Å². The number of nitrogens with zero attached hydrogens (tertiary/aromatic N) is 3. The highest BCUT2D eigenvalue weighted by molar-refractivity contribution is 6.30. The number of aromatic nitrogens is 2. The van der Waals surface area contributed by atoms with Crippen LogP contribution >= 0.6 is 11.6 Å². The van der Waals surface area contributed by atoms with Gasteiger partial charge < -0.3 is 19.7 Å². The zero-order valence-electron chi connectivity index (χ0n) is 19.8. The van der Waals surface area contributed by atoms with Crippen molar-refractivity contribution in [2.75, 3.05) is 20.3 Å². The molecular weight excluding hydrogens is 440 g/mol. The highest BCUT2D eigenvalue weighted by Gasteiger charge is 2.25. The molecule has 0 aliphatic heterocycles. The van der Waals surface area contributed by atoms with Crippen molar-refractivity contribution in [3.05, 3.63) is 70.9 Å². The number of hydrogen-bond acceptors (Lipinski definition) is 4. The number of para-hydroxylation sites is 1. The van der Waals surface area contributed by atoms with Gasteiger partial charge in [-0.25, -0.2) is 9.48 Å². The number of hydrogen-bond donors (Lipinski definition) is 1. The fourth-order valence-corrected chi connectivity index (χ4v) is 3.35. The topological polar surface area (TPSA) is 68.6 Å². The predicted octanol–water partition coefficient (Wildman–Crippen LogP) is 5.58. The third-order valence-electron chi connectivity index (χ3n) is 4.85. The fraction of sp³-hybridized carbons (Fsp3) is 0.360. The van der Waals surface area contributed by atoms with Crippen LogP contribution in [0.15, 0.2) is 54.6 Å². The van der Waals surface area contributed by atoms with E-state index in [2.05, 4.69) is 5.32 Å². The zero-order valence-corrected chi connectivity index (χ0v) is 20.5. The molecule has 1 aromatic heterocycles. The summed E-state index contributed by atoms with van der Waals surface area (Å²) in [6, 6.07) is 16.7. The lowest BCUT2D eigenvalue weighted by Gasteiger charge is -2.28. The smallest absolute Gasteiger partial charge is 0.318 e. The van der Waals surface area contributed by atoms with Crippen LogP contribution in [0.5, 0.6) is 11.6 Å². The Bertz CT molecular complexity index is 1060. The van der Waals surface area contributed by atoms with Gasteiger partial charge in [0.15, 0.2) is 0 Å².